The van der Waals surface area contributed by atoms with Crippen LogP contribution in [0.2, 0.25) is 0 Å². The number of aromatic amines is 2. The standard InChI is InChI=1S/C15H11N5O/c1-8-12-13(15(21)20-19-8)18-14(17-12)11-7-6-9-4-2-3-5-10(9)16-11/h2-7H,1H3,(H,17,18)(H,20,21). The molecule has 0 bridgehead atoms. The Morgan fingerprint density at radius 2 is 1.90 bits per heavy atom. The number of H-pyrrole nitrogens is 2. The van der Waals surface area contributed by atoms with Crippen molar-refractivity contribution in [3.8, 4) is 11.5 Å². The van der Waals surface area contributed by atoms with Crippen molar-refractivity contribution < 1.29 is 0 Å². The molecule has 0 amide bonds. The predicted molar refractivity (Wildman–Crippen MR) is 80.0 cm³/mol. The molecule has 0 spiro atoms. The van der Waals surface area contributed by atoms with Crippen molar-refractivity contribution in [3.63, 3.8) is 0 Å². The molecule has 0 aliphatic carbocycles. The molecule has 3 heterocycles. The molecular weight excluding hydrogens is 266 g/mol. The molecule has 6 heteroatoms. The van der Waals surface area contributed by atoms with Crippen LogP contribution in [-0.4, -0.2) is 25.1 Å². The maximum atomic E-state index is 11.8. The first-order chi connectivity index (χ1) is 10.2. The Kier molecular flexibility index (Phi) is 2.38. The van der Waals surface area contributed by atoms with Crippen LogP contribution in [-0.2, 0) is 0 Å². The molecule has 0 unspecified atom stereocenters. The number of nitrogens with one attached hydrogen (secondary N) is 2. The van der Waals surface area contributed by atoms with Crippen molar-refractivity contribution in [1.82, 2.24) is 25.1 Å². The van der Waals surface area contributed by atoms with Crippen molar-refractivity contribution in [2.45, 2.75) is 6.92 Å². The molecule has 6 nitrogen and oxygen atoms in total. The fourth-order valence-electron chi connectivity index (χ4n) is 2.36. The number of imidazole rings is 1. The third kappa shape index (κ3) is 1.80. The van der Waals surface area contributed by atoms with Crippen LogP contribution in [0.5, 0.6) is 0 Å². The van der Waals surface area contributed by atoms with E-state index in [0.29, 0.717) is 28.2 Å². The van der Waals surface area contributed by atoms with E-state index in [9.17, 15) is 4.79 Å². The second-order valence-corrected chi connectivity index (χ2v) is 4.84. The number of fused-ring (bicyclic) bond motifs is 2. The summed E-state index contributed by atoms with van der Waals surface area (Å²) in [5.74, 6) is 0.567. The highest BCUT2D eigenvalue weighted by Crippen LogP contribution is 2.20. The summed E-state index contributed by atoms with van der Waals surface area (Å²) < 4.78 is 0. The molecule has 0 saturated carbocycles. The molecule has 21 heavy (non-hydrogen) atoms. The van der Waals surface area contributed by atoms with Crippen LogP contribution < -0.4 is 5.56 Å². The van der Waals surface area contributed by atoms with Gasteiger partial charge in [0.15, 0.2) is 5.82 Å². The zero-order valence-corrected chi connectivity index (χ0v) is 11.2. The maximum Gasteiger partial charge on any atom is 0.290 e. The largest absolute Gasteiger partial charge is 0.332 e. The van der Waals surface area contributed by atoms with Gasteiger partial charge in [0.2, 0.25) is 0 Å². The minimum Gasteiger partial charge on any atom is -0.332 e. The van der Waals surface area contributed by atoms with Crippen molar-refractivity contribution in [1.29, 1.82) is 0 Å². The number of pyridine rings is 1. The number of nitrogens with zero attached hydrogens (tertiary/aromatic N) is 3. The van der Waals surface area contributed by atoms with Gasteiger partial charge in [-0.15, -0.1) is 0 Å². The minimum absolute atomic E-state index is 0.282. The fraction of sp³-hybridized carbons (Fsp3) is 0.0667. The molecule has 3 aromatic heterocycles. The monoisotopic (exact) mass is 277 g/mol. The number of benzene rings is 1. The predicted octanol–water partition coefficient (Wildman–Crippen LogP) is 2.17. The molecule has 1 aromatic carbocycles. The zero-order chi connectivity index (χ0) is 14.4. The molecule has 0 atom stereocenters. The van der Waals surface area contributed by atoms with E-state index in [1.807, 2.05) is 36.4 Å². The average molecular weight is 277 g/mol. The van der Waals surface area contributed by atoms with E-state index in [-0.39, 0.29) is 5.56 Å². The highest BCUT2D eigenvalue weighted by atomic mass is 16.1. The smallest absolute Gasteiger partial charge is 0.290 e. The van der Waals surface area contributed by atoms with Crippen molar-refractivity contribution >= 4 is 21.9 Å². The summed E-state index contributed by atoms with van der Waals surface area (Å²) in [4.78, 5) is 23.8. The van der Waals surface area contributed by atoms with Crippen LogP contribution in [0.4, 0.5) is 0 Å². The van der Waals surface area contributed by atoms with E-state index in [1.54, 1.807) is 6.92 Å². The van der Waals surface area contributed by atoms with Gasteiger partial charge in [-0.25, -0.2) is 15.1 Å². The Hall–Kier alpha value is -3.02. The molecule has 4 rings (SSSR count). The van der Waals surface area contributed by atoms with Crippen LogP contribution in [0.3, 0.4) is 0 Å². The Morgan fingerprint density at radius 1 is 1.05 bits per heavy atom. The molecule has 0 aliphatic heterocycles. The van der Waals surface area contributed by atoms with E-state index in [0.717, 1.165) is 10.9 Å². The van der Waals surface area contributed by atoms with Gasteiger partial charge in [-0.3, -0.25) is 4.79 Å². The van der Waals surface area contributed by atoms with Crippen molar-refractivity contribution in [2.24, 2.45) is 0 Å². The van der Waals surface area contributed by atoms with Gasteiger partial charge in [0.05, 0.1) is 11.2 Å². The average Bonchev–Trinajstić information content (AvgIpc) is 2.97. The van der Waals surface area contributed by atoms with Gasteiger partial charge in [0, 0.05) is 5.39 Å². The summed E-state index contributed by atoms with van der Waals surface area (Å²) in [6.07, 6.45) is 0. The van der Waals surface area contributed by atoms with E-state index in [1.165, 1.54) is 0 Å². The maximum absolute atomic E-state index is 11.8. The van der Waals surface area contributed by atoms with E-state index in [2.05, 4.69) is 25.1 Å². The summed E-state index contributed by atoms with van der Waals surface area (Å²) >= 11 is 0. The van der Waals surface area contributed by atoms with E-state index in [4.69, 9.17) is 0 Å². The van der Waals surface area contributed by atoms with Gasteiger partial charge in [-0.1, -0.05) is 24.3 Å². The Morgan fingerprint density at radius 3 is 2.76 bits per heavy atom. The SMILES string of the molecule is Cc1n[nH]c(=O)c2[nH]c(-c3ccc4ccccc4n3)nc12. The van der Waals surface area contributed by atoms with Gasteiger partial charge in [0.25, 0.3) is 5.56 Å². The van der Waals surface area contributed by atoms with E-state index < -0.39 is 0 Å². The Bertz CT molecular complexity index is 1030. The van der Waals surface area contributed by atoms with Crippen LogP contribution in [0.1, 0.15) is 5.69 Å². The third-order valence-corrected chi connectivity index (χ3v) is 3.44. The number of hydrogen-bond acceptors (Lipinski definition) is 4. The number of rotatable bonds is 1. The van der Waals surface area contributed by atoms with Gasteiger partial charge < -0.3 is 4.98 Å². The summed E-state index contributed by atoms with van der Waals surface area (Å²) in [6.45, 7) is 1.80. The second kappa shape index (κ2) is 4.24. The van der Waals surface area contributed by atoms with Gasteiger partial charge in [-0.2, -0.15) is 5.10 Å². The van der Waals surface area contributed by atoms with Gasteiger partial charge in [0.1, 0.15) is 16.7 Å². The summed E-state index contributed by atoms with van der Waals surface area (Å²) in [6, 6.07) is 11.7. The van der Waals surface area contributed by atoms with Crippen LogP contribution in [0.15, 0.2) is 41.2 Å². The fourth-order valence-corrected chi connectivity index (χ4v) is 2.36. The second-order valence-electron chi connectivity index (χ2n) is 4.84. The van der Waals surface area contributed by atoms with Gasteiger partial charge in [-0.05, 0) is 19.1 Å². The lowest BCUT2D eigenvalue weighted by molar-refractivity contribution is 0.965. The van der Waals surface area contributed by atoms with Gasteiger partial charge >= 0.3 is 0 Å². The van der Waals surface area contributed by atoms with Crippen molar-refractivity contribution in [3.05, 3.63) is 52.4 Å². The first-order valence-electron chi connectivity index (χ1n) is 6.53. The van der Waals surface area contributed by atoms with Crippen molar-refractivity contribution in [2.75, 3.05) is 0 Å². The zero-order valence-electron chi connectivity index (χ0n) is 11.2. The molecule has 102 valence electrons. The summed E-state index contributed by atoms with van der Waals surface area (Å²) in [5, 5.41) is 7.43. The minimum atomic E-state index is -0.282. The molecular formula is C15H11N5O. The molecule has 4 aromatic rings. The molecule has 2 N–H and O–H groups in total. The molecule has 0 saturated heterocycles. The highest BCUT2D eigenvalue weighted by molar-refractivity contribution is 5.83. The number of para-hydroxylation sites is 1. The topological polar surface area (TPSA) is 87.3 Å². The third-order valence-electron chi connectivity index (χ3n) is 3.44. The first kappa shape index (κ1) is 11.8. The molecule has 0 radical (unpaired) electrons. The summed E-state index contributed by atoms with van der Waals surface area (Å²) in [7, 11) is 0. The quantitative estimate of drug-likeness (QED) is 0.558. The van der Waals surface area contributed by atoms with Crippen LogP contribution in [0, 0.1) is 6.92 Å². The first-order valence-corrected chi connectivity index (χ1v) is 6.53. The number of aromatic nitrogens is 5. The normalized spacial score (nSPS) is 11.3. The molecule has 0 fully saturated rings. The lowest BCUT2D eigenvalue weighted by atomic mass is 10.2. The highest BCUT2D eigenvalue weighted by Gasteiger charge is 2.12. The van der Waals surface area contributed by atoms with Crippen LogP contribution >= 0.6 is 0 Å². The Balaban J connectivity index is 1.98. The van der Waals surface area contributed by atoms with Crippen LogP contribution in [0.25, 0.3) is 33.5 Å². The molecule has 0 aliphatic rings. The lowest BCUT2D eigenvalue weighted by Gasteiger charge is -1.99. The van der Waals surface area contributed by atoms with E-state index >= 15 is 0 Å². The number of hydrogen-bond donors (Lipinski definition) is 2. The Labute approximate surface area is 118 Å². The lowest BCUT2D eigenvalue weighted by Crippen LogP contribution is -2.09. The summed E-state index contributed by atoms with van der Waals surface area (Å²) in [5.41, 5.74) is 2.97. The number of aryl methyl sites for hydroxylation is 1.